The number of hydrogen-bond acceptors (Lipinski definition) is 6. The summed E-state index contributed by atoms with van der Waals surface area (Å²) in [5.74, 6) is 2.50. The number of thiophene rings is 1. The highest BCUT2D eigenvalue weighted by Gasteiger charge is 2.25. The zero-order valence-electron chi connectivity index (χ0n) is 17.0. The molecule has 4 heterocycles. The smallest absolute Gasteiger partial charge is 0.237 e. The summed E-state index contributed by atoms with van der Waals surface area (Å²) in [4.78, 5) is 30.1. The molecule has 0 aromatic carbocycles. The van der Waals surface area contributed by atoms with E-state index >= 15 is 0 Å². The molecule has 2 aromatic rings. The lowest BCUT2D eigenvalue weighted by molar-refractivity contribution is -0.133. The van der Waals surface area contributed by atoms with Gasteiger partial charge in [-0.15, -0.1) is 11.3 Å². The minimum Gasteiger partial charge on any atom is -0.354 e. The van der Waals surface area contributed by atoms with Crippen LogP contribution in [0.3, 0.4) is 0 Å². The van der Waals surface area contributed by atoms with Crippen molar-refractivity contribution in [2.45, 2.75) is 39.7 Å². The van der Waals surface area contributed by atoms with Gasteiger partial charge in [0.1, 0.15) is 11.6 Å². The first kappa shape index (κ1) is 19.3. The Bertz CT molecular complexity index is 841. The fourth-order valence-electron chi connectivity index (χ4n) is 3.88. The van der Waals surface area contributed by atoms with Crippen LogP contribution in [-0.2, 0) is 17.8 Å². The number of anilines is 1. The van der Waals surface area contributed by atoms with Crippen molar-refractivity contribution < 1.29 is 4.79 Å². The molecule has 1 saturated heterocycles. The Morgan fingerprint density at radius 2 is 1.96 bits per heavy atom. The van der Waals surface area contributed by atoms with Crippen LogP contribution in [0.5, 0.6) is 0 Å². The van der Waals surface area contributed by atoms with Crippen LogP contribution in [0.1, 0.15) is 41.7 Å². The van der Waals surface area contributed by atoms with Crippen molar-refractivity contribution in [2.75, 3.05) is 44.2 Å². The zero-order chi connectivity index (χ0) is 19.7. The van der Waals surface area contributed by atoms with Crippen LogP contribution in [-0.4, -0.2) is 64.9 Å². The summed E-state index contributed by atoms with van der Waals surface area (Å²) in [5.41, 5.74) is 2.35. The molecule has 1 fully saturated rings. The van der Waals surface area contributed by atoms with E-state index in [0.29, 0.717) is 12.5 Å². The first-order valence-electron chi connectivity index (χ1n) is 10.2. The van der Waals surface area contributed by atoms with Crippen LogP contribution in [0.2, 0.25) is 0 Å². The third kappa shape index (κ3) is 4.20. The molecule has 0 N–H and O–H groups in total. The maximum absolute atomic E-state index is 12.8. The molecule has 6 nitrogen and oxygen atoms in total. The van der Waals surface area contributed by atoms with Gasteiger partial charge in [0, 0.05) is 61.8 Å². The Labute approximate surface area is 171 Å². The highest BCUT2D eigenvalue weighted by atomic mass is 32.1. The van der Waals surface area contributed by atoms with Crippen LogP contribution in [0.15, 0.2) is 17.5 Å². The number of rotatable bonds is 4. The lowest BCUT2D eigenvalue weighted by atomic mass is 10.1. The molecule has 2 aliphatic rings. The highest BCUT2D eigenvalue weighted by molar-refractivity contribution is 7.10. The molecule has 4 rings (SSSR count). The number of carbonyl (C=O) groups is 1. The average molecular weight is 400 g/mol. The number of hydrogen-bond donors (Lipinski definition) is 0. The quantitative estimate of drug-likeness (QED) is 0.791. The third-order valence-electron chi connectivity index (χ3n) is 5.59. The predicted molar refractivity (Wildman–Crippen MR) is 113 cm³/mol. The van der Waals surface area contributed by atoms with Gasteiger partial charge in [-0.2, -0.15) is 0 Å². The summed E-state index contributed by atoms with van der Waals surface area (Å²) in [6, 6.07) is 4.23. The van der Waals surface area contributed by atoms with Crippen molar-refractivity contribution >= 4 is 23.1 Å². The van der Waals surface area contributed by atoms with Crippen molar-refractivity contribution in [3.05, 3.63) is 39.5 Å². The molecule has 0 aliphatic carbocycles. The molecule has 2 aromatic heterocycles. The molecule has 0 atom stereocenters. The second-order valence-corrected chi connectivity index (χ2v) is 9.08. The summed E-state index contributed by atoms with van der Waals surface area (Å²) < 4.78 is 0. The number of nitrogens with zero attached hydrogens (tertiary/aromatic N) is 5. The van der Waals surface area contributed by atoms with Crippen molar-refractivity contribution in [3.63, 3.8) is 0 Å². The largest absolute Gasteiger partial charge is 0.354 e. The lowest BCUT2D eigenvalue weighted by Crippen LogP contribution is -2.50. The minimum absolute atomic E-state index is 0.255. The van der Waals surface area contributed by atoms with Gasteiger partial charge in [-0.05, 0) is 30.4 Å². The second-order valence-electron chi connectivity index (χ2n) is 8.08. The standard InChI is InChI=1S/C21H29N5OS/c1-15(2)21-22-16(3)12-19(23-21)25-9-7-24(8-10-25)14-20(27)26-6-4-18-17(13-26)5-11-28-18/h5,11-12,15H,4,6-10,13-14H2,1-3H3. The Balaban J connectivity index is 1.32. The van der Waals surface area contributed by atoms with Gasteiger partial charge >= 0.3 is 0 Å². The molecule has 1 amide bonds. The Morgan fingerprint density at radius 1 is 1.18 bits per heavy atom. The van der Waals surface area contributed by atoms with Crippen LogP contribution < -0.4 is 4.90 Å². The van der Waals surface area contributed by atoms with E-state index in [1.165, 1.54) is 10.4 Å². The topological polar surface area (TPSA) is 52.6 Å². The van der Waals surface area contributed by atoms with Gasteiger partial charge in [0.2, 0.25) is 5.91 Å². The first-order valence-corrected chi connectivity index (χ1v) is 11.0. The van der Waals surface area contributed by atoms with Gasteiger partial charge in [-0.3, -0.25) is 9.69 Å². The SMILES string of the molecule is Cc1cc(N2CCN(CC(=O)N3CCc4sccc4C3)CC2)nc(C(C)C)n1. The fraction of sp³-hybridized carbons (Fsp3) is 0.571. The van der Waals surface area contributed by atoms with E-state index in [1.54, 1.807) is 0 Å². The van der Waals surface area contributed by atoms with E-state index in [9.17, 15) is 4.79 Å². The van der Waals surface area contributed by atoms with E-state index in [2.05, 4.69) is 46.1 Å². The van der Waals surface area contributed by atoms with Crippen LogP contribution in [0, 0.1) is 6.92 Å². The van der Waals surface area contributed by atoms with Gasteiger partial charge in [-0.1, -0.05) is 13.8 Å². The minimum atomic E-state index is 0.255. The maximum Gasteiger partial charge on any atom is 0.237 e. The molecule has 0 unspecified atom stereocenters. The monoisotopic (exact) mass is 399 g/mol. The fourth-order valence-corrected chi connectivity index (χ4v) is 4.77. The van der Waals surface area contributed by atoms with Crippen molar-refractivity contribution in [2.24, 2.45) is 0 Å². The van der Waals surface area contributed by atoms with Crippen LogP contribution in [0.4, 0.5) is 5.82 Å². The van der Waals surface area contributed by atoms with Crippen LogP contribution >= 0.6 is 11.3 Å². The molecule has 0 spiro atoms. The van der Waals surface area contributed by atoms with E-state index in [-0.39, 0.29) is 5.91 Å². The van der Waals surface area contributed by atoms with Gasteiger partial charge in [-0.25, -0.2) is 9.97 Å². The number of amides is 1. The number of piperazine rings is 1. The molecule has 150 valence electrons. The molecule has 28 heavy (non-hydrogen) atoms. The zero-order valence-corrected chi connectivity index (χ0v) is 17.8. The van der Waals surface area contributed by atoms with Crippen molar-refractivity contribution in [1.82, 2.24) is 19.8 Å². The number of fused-ring (bicyclic) bond motifs is 1. The summed E-state index contributed by atoms with van der Waals surface area (Å²) >= 11 is 1.81. The summed E-state index contributed by atoms with van der Waals surface area (Å²) in [5, 5.41) is 2.14. The Morgan fingerprint density at radius 3 is 2.71 bits per heavy atom. The second kappa shape index (κ2) is 8.17. The molecule has 0 radical (unpaired) electrons. The van der Waals surface area contributed by atoms with Gasteiger partial charge in [0.25, 0.3) is 0 Å². The maximum atomic E-state index is 12.8. The summed E-state index contributed by atoms with van der Waals surface area (Å²) in [6.07, 6.45) is 0.998. The third-order valence-corrected chi connectivity index (χ3v) is 6.61. The highest BCUT2D eigenvalue weighted by Crippen LogP contribution is 2.24. The van der Waals surface area contributed by atoms with Gasteiger partial charge in [0.15, 0.2) is 0 Å². The Hall–Kier alpha value is -1.99. The molecule has 2 aliphatic heterocycles. The van der Waals surface area contributed by atoms with E-state index in [4.69, 9.17) is 4.98 Å². The molecular formula is C21H29N5OS. The lowest BCUT2D eigenvalue weighted by Gasteiger charge is -2.36. The molecule has 0 saturated carbocycles. The van der Waals surface area contributed by atoms with Gasteiger partial charge in [0.05, 0.1) is 6.54 Å². The van der Waals surface area contributed by atoms with Crippen molar-refractivity contribution in [1.29, 1.82) is 0 Å². The summed E-state index contributed by atoms with van der Waals surface area (Å²) in [7, 11) is 0. The average Bonchev–Trinajstić information content (AvgIpc) is 3.16. The normalized spacial score (nSPS) is 17.9. The number of carbonyl (C=O) groups excluding carboxylic acids is 1. The first-order chi connectivity index (χ1) is 13.5. The number of aromatic nitrogens is 2. The van der Waals surface area contributed by atoms with Crippen molar-refractivity contribution in [3.8, 4) is 0 Å². The van der Waals surface area contributed by atoms with Crippen LogP contribution in [0.25, 0.3) is 0 Å². The Kier molecular flexibility index (Phi) is 5.64. The summed E-state index contributed by atoms with van der Waals surface area (Å²) in [6.45, 7) is 12.0. The molecule has 0 bridgehead atoms. The molecule has 7 heteroatoms. The molecular weight excluding hydrogens is 370 g/mol. The van der Waals surface area contributed by atoms with E-state index in [1.807, 2.05) is 23.2 Å². The number of aryl methyl sites for hydroxylation is 1. The van der Waals surface area contributed by atoms with E-state index < -0.39 is 0 Å². The van der Waals surface area contributed by atoms with E-state index in [0.717, 1.165) is 63.0 Å². The van der Waals surface area contributed by atoms with Gasteiger partial charge < -0.3 is 9.80 Å². The predicted octanol–water partition coefficient (Wildman–Crippen LogP) is 2.68.